The lowest BCUT2D eigenvalue weighted by Crippen LogP contribution is -2.29. The summed E-state index contributed by atoms with van der Waals surface area (Å²) in [7, 11) is 2.10. The van der Waals surface area contributed by atoms with Gasteiger partial charge in [0.05, 0.1) is 11.3 Å². The van der Waals surface area contributed by atoms with Gasteiger partial charge in [0.25, 0.3) is 0 Å². The molecule has 2 aromatic heterocycles. The topological polar surface area (TPSA) is 41.9 Å². The molecule has 1 fully saturated rings. The van der Waals surface area contributed by atoms with Gasteiger partial charge in [0, 0.05) is 29.4 Å². The summed E-state index contributed by atoms with van der Waals surface area (Å²) >= 11 is 0. The Kier molecular flexibility index (Phi) is 5.32. The Morgan fingerprint density at radius 1 is 0.931 bits per heavy atom. The predicted molar refractivity (Wildman–Crippen MR) is 105 cm³/mol. The number of alkyl halides is 3. The van der Waals surface area contributed by atoms with Crippen molar-refractivity contribution in [3.05, 3.63) is 66.1 Å². The molecule has 3 aromatic rings. The maximum absolute atomic E-state index is 13.2. The number of benzene rings is 1. The maximum atomic E-state index is 13.2. The smallest absolute Gasteiger partial charge is 0.306 e. The number of hydrogen-bond donors (Lipinski definition) is 0. The van der Waals surface area contributed by atoms with Crippen molar-refractivity contribution >= 4 is 0 Å². The molecule has 4 rings (SSSR count). The van der Waals surface area contributed by atoms with Crippen molar-refractivity contribution in [2.45, 2.75) is 24.9 Å². The summed E-state index contributed by atoms with van der Waals surface area (Å²) in [5.41, 5.74) is 2.66. The number of hydrogen-bond acceptors (Lipinski definition) is 4. The minimum atomic E-state index is -4.41. The minimum Gasteiger partial charge on any atom is -0.306 e. The van der Waals surface area contributed by atoms with Crippen LogP contribution in [-0.4, -0.2) is 40.2 Å². The molecule has 0 radical (unpaired) electrons. The van der Waals surface area contributed by atoms with Gasteiger partial charge in [-0.2, -0.15) is 18.3 Å². The van der Waals surface area contributed by atoms with Gasteiger partial charge in [0.2, 0.25) is 0 Å². The average molecular weight is 398 g/mol. The molecule has 1 saturated heterocycles. The highest BCUT2D eigenvalue weighted by Crippen LogP contribution is 2.36. The highest BCUT2D eigenvalue weighted by molar-refractivity contribution is 5.80. The van der Waals surface area contributed by atoms with E-state index in [4.69, 9.17) is 0 Å². The van der Waals surface area contributed by atoms with Gasteiger partial charge in [-0.1, -0.05) is 12.1 Å². The monoisotopic (exact) mass is 398 g/mol. The molecule has 1 aliphatic heterocycles. The highest BCUT2D eigenvalue weighted by Gasteiger charge is 2.31. The van der Waals surface area contributed by atoms with Crippen molar-refractivity contribution in [2.75, 3.05) is 20.1 Å². The van der Waals surface area contributed by atoms with E-state index in [9.17, 15) is 13.2 Å². The zero-order valence-corrected chi connectivity index (χ0v) is 16.0. The van der Waals surface area contributed by atoms with Crippen LogP contribution in [0, 0.1) is 0 Å². The molecule has 29 heavy (non-hydrogen) atoms. The van der Waals surface area contributed by atoms with E-state index in [1.807, 2.05) is 18.2 Å². The van der Waals surface area contributed by atoms with E-state index in [0.717, 1.165) is 54.9 Å². The molecule has 1 aliphatic rings. The van der Waals surface area contributed by atoms with Crippen LogP contribution in [0.2, 0.25) is 0 Å². The molecule has 0 atom stereocenters. The molecule has 0 aliphatic carbocycles. The Hall–Kier alpha value is -2.80. The molecule has 0 unspecified atom stereocenters. The van der Waals surface area contributed by atoms with Gasteiger partial charge in [-0.05, 0) is 68.9 Å². The van der Waals surface area contributed by atoms with E-state index in [2.05, 4.69) is 27.1 Å². The molecule has 3 heterocycles. The Morgan fingerprint density at radius 2 is 1.66 bits per heavy atom. The lowest BCUT2D eigenvalue weighted by molar-refractivity contribution is -0.137. The fourth-order valence-corrected chi connectivity index (χ4v) is 3.72. The third-order valence-corrected chi connectivity index (χ3v) is 5.40. The molecule has 0 bridgehead atoms. The Labute approximate surface area is 167 Å². The van der Waals surface area contributed by atoms with E-state index < -0.39 is 11.7 Å². The molecule has 0 N–H and O–H groups in total. The molecule has 0 spiro atoms. The van der Waals surface area contributed by atoms with Gasteiger partial charge in [-0.15, -0.1) is 5.10 Å². The van der Waals surface area contributed by atoms with Gasteiger partial charge in [-0.25, -0.2) is 0 Å². The van der Waals surface area contributed by atoms with Crippen LogP contribution in [0.1, 0.15) is 30.0 Å². The molecular formula is C22H21F3N4. The maximum Gasteiger partial charge on any atom is 0.416 e. The van der Waals surface area contributed by atoms with Gasteiger partial charge in [0.1, 0.15) is 5.69 Å². The number of likely N-dealkylation sites (tertiary alicyclic amines) is 1. The quantitative estimate of drug-likeness (QED) is 0.620. The molecule has 0 saturated carbocycles. The zero-order chi connectivity index (χ0) is 20.4. The van der Waals surface area contributed by atoms with Crippen LogP contribution in [0.4, 0.5) is 13.2 Å². The predicted octanol–water partition coefficient (Wildman–Crippen LogP) is 5.03. The van der Waals surface area contributed by atoms with Crippen LogP contribution >= 0.6 is 0 Å². The van der Waals surface area contributed by atoms with E-state index in [0.29, 0.717) is 17.2 Å². The average Bonchev–Trinajstić information content (AvgIpc) is 2.74. The van der Waals surface area contributed by atoms with Crippen molar-refractivity contribution in [3.63, 3.8) is 0 Å². The summed E-state index contributed by atoms with van der Waals surface area (Å²) in [6.45, 7) is 1.98. The number of rotatable bonds is 3. The second kappa shape index (κ2) is 7.91. The molecule has 4 nitrogen and oxygen atoms in total. The first-order valence-electron chi connectivity index (χ1n) is 9.56. The molecular weight excluding hydrogens is 377 g/mol. The van der Waals surface area contributed by atoms with Gasteiger partial charge >= 0.3 is 6.18 Å². The summed E-state index contributed by atoms with van der Waals surface area (Å²) < 4.78 is 39.6. The molecule has 0 amide bonds. The summed E-state index contributed by atoms with van der Waals surface area (Å²) in [6, 6.07) is 10.9. The SMILES string of the molecule is CN1CCC(c2cc(-c3ccncc3)c(-c3cccc(C(F)(F)F)c3)nn2)CC1. The van der Waals surface area contributed by atoms with Crippen molar-refractivity contribution in [1.82, 2.24) is 20.1 Å². The van der Waals surface area contributed by atoms with Crippen molar-refractivity contribution in [3.8, 4) is 22.4 Å². The zero-order valence-electron chi connectivity index (χ0n) is 16.0. The van der Waals surface area contributed by atoms with Gasteiger partial charge in [0.15, 0.2) is 0 Å². The third kappa shape index (κ3) is 4.29. The Bertz CT molecular complexity index is 981. The van der Waals surface area contributed by atoms with Crippen molar-refractivity contribution < 1.29 is 13.2 Å². The Morgan fingerprint density at radius 3 is 2.34 bits per heavy atom. The minimum absolute atomic E-state index is 0.301. The van der Waals surface area contributed by atoms with E-state index in [1.54, 1.807) is 18.5 Å². The number of piperidine rings is 1. The number of aromatic nitrogens is 3. The summed E-state index contributed by atoms with van der Waals surface area (Å²) in [5, 5.41) is 8.81. The number of pyridine rings is 1. The van der Waals surface area contributed by atoms with Gasteiger partial charge in [-0.3, -0.25) is 4.98 Å². The van der Waals surface area contributed by atoms with Crippen LogP contribution in [-0.2, 0) is 6.18 Å². The second-order valence-electron chi connectivity index (χ2n) is 7.42. The number of nitrogens with zero attached hydrogens (tertiary/aromatic N) is 4. The summed E-state index contributed by atoms with van der Waals surface area (Å²) in [4.78, 5) is 6.33. The fourth-order valence-electron chi connectivity index (χ4n) is 3.72. The standard InChI is InChI=1S/C22H21F3N4/c1-29-11-7-16(8-12-29)20-14-19(15-5-9-26-10-6-15)21(28-27-20)17-3-2-4-18(13-17)22(23,24)25/h2-6,9-10,13-14,16H,7-8,11-12H2,1H3. The van der Waals surface area contributed by atoms with E-state index >= 15 is 0 Å². The number of halogens is 3. The highest BCUT2D eigenvalue weighted by atomic mass is 19.4. The lowest BCUT2D eigenvalue weighted by Gasteiger charge is -2.28. The molecule has 1 aromatic carbocycles. The van der Waals surface area contributed by atoms with Crippen LogP contribution < -0.4 is 0 Å². The van der Waals surface area contributed by atoms with E-state index in [-0.39, 0.29) is 0 Å². The van der Waals surface area contributed by atoms with Crippen molar-refractivity contribution in [2.24, 2.45) is 0 Å². The van der Waals surface area contributed by atoms with Gasteiger partial charge < -0.3 is 4.90 Å². The molecule has 7 heteroatoms. The third-order valence-electron chi connectivity index (χ3n) is 5.40. The summed E-state index contributed by atoms with van der Waals surface area (Å²) in [5.74, 6) is 0.301. The second-order valence-corrected chi connectivity index (χ2v) is 7.42. The van der Waals surface area contributed by atoms with E-state index in [1.165, 1.54) is 6.07 Å². The van der Waals surface area contributed by atoms with Crippen molar-refractivity contribution in [1.29, 1.82) is 0 Å². The lowest BCUT2D eigenvalue weighted by atomic mass is 9.91. The first-order chi connectivity index (χ1) is 13.9. The van der Waals surface area contributed by atoms with Crippen LogP contribution in [0.15, 0.2) is 54.9 Å². The largest absolute Gasteiger partial charge is 0.416 e. The van der Waals surface area contributed by atoms with Crippen LogP contribution in [0.25, 0.3) is 22.4 Å². The normalized spacial score (nSPS) is 16.1. The summed E-state index contributed by atoms with van der Waals surface area (Å²) in [6.07, 6.45) is 0.907. The van der Waals surface area contributed by atoms with Crippen LogP contribution in [0.3, 0.4) is 0 Å². The molecule has 150 valence electrons. The first-order valence-corrected chi connectivity index (χ1v) is 9.56. The Balaban J connectivity index is 1.80. The fraction of sp³-hybridized carbons (Fsp3) is 0.318. The first kappa shape index (κ1) is 19.5. The van der Waals surface area contributed by atoms with Crippen LogP contribution in [0.5, 0.6) is 0 Å².